The number of halogens is 1. The van der Waals surface area contributed by atoms with Crippen LogP contribution in [0.25, 0.3) is 11.0 Å². The molecule has 0 amide bonds. The van der Waals surface area contributed by atoms with Crippen LogP contribution in [0.15, 0.2) is 46.9 Å². The van der Waals surface area contributed by atoms with Gasteiger partial charge >= 0.3 is 0 Å². The van der Waals surface area contributed by atoms with Gasteiger partial charge in [-0.3, -0.25) is 0 Å². The monoisotopic (exact) mass is 301 g/mol. The van der Waals surface area contributed by atoms with E-state index in [-0.39, 0.29) is 5.75 Å². The fourth-order valence-electron chi connectivity index (χ4n) is 2.44. The number of anilines is 1. The van der Waals surface area contributed by atoms with Gasteiger partial charge in [-0.15, -0.1) is 0 Å². The van der Waals surface area contributed by atoms with Crippen molar-refractivity contribution in [1.29, 1.82) is 0 Å². The fourth-order valence-corrected chi connectivity index (χ4v) is 2.62. The van der Waals surface area contributed by atoms with Crippen LogP contribution in [0.1, 0.15) is 18.2 Å². The zero-order chi connectivity index (χ0) is 14.8. The Morgan fingerprint density at radius 2 is 2.00 bits per heavy atom. The first-order valence-corrected chi connectivity index (χ1v) is 7.28. The summed E-state index contributed by atoms with van der Waals surface area (Å²) in [5.74, 6) is 1.08. The maximum Gasteiger partial charge on any atom is 0.134 e. The number of phenolic OH excluding ortho intramolecular Hbond substituents is 1. The number of aromatic hydroxyl groups is 1. The zero-order valence-electron chi connectivity index (χ0n) is 11.7. The molecule has 21 heavy (non-hydrogen) atoms. The first kappa shape index (κ1) is 13.8. The van der Waals surface area contributed by atoms with E-state index in [2.05, 4.69) is 18.3 Å². The number of benzene rings is 2. The van der Waals surface area contributed by atoms with E-state index in [1.807, 2.05) is 18.2 Å². The molecule has 0 aliphatic heterocycles. The highest BCUT2D eigenvalue weighted by Gasteiger charge is 2.12. The van der Waals surface area contributed by atoms with Gasteiger partial charge in [0.2, 0.25) is 0 Å². The molecule has 0 atom stereocenters. The molecule has 3 rings (SSSR count). The van der Waals surface area contributed by atoms with Crippen molar-refractivity contribution < 1.29 is 9.52 Å². The Morgan fingerprint density at radius 1 is 1.19 bits per heavy atom. The minimum atomic E-state index is 0.0882. The van der Waals surface area contributed by atoms with Gasteiger partial charge in [-0.25, -0.2) is 0 Å². The van der Waals surface area contributed by atoms with E-state index in [4.69, 9.17) is 16.0 Å². The predicted molar refractivity (Wildman–Crippen MR) is 86.0 cm³/mol. The summed E-state index contributed by atoms with van der Waals surface area (Å²) in [7, 11) is 0. The number of nitrogens with one attached hydrogen (secondary N) is 1. The van der Waals surface area contributed by atoms with Crippen molar-refractivity contribution >= 4 is 28.3 Å². The lowest BCUT2D eigenvalue weighted by atomic mass is 10.1. The molecular weight excluding hydrogens is 286 g/mol. The summed E-state index contributed by atoms with van der Waals surface area (Å²) in [4.78, 5) is 0. The Kier molecular flexibility index (Phi) is 3.76. The summed E-state index contributed by atoms with van der Waals surface area (Å²) in [5, 5.41) is 14.2. The molecule has 0 spiro atoms. The topological polar surface area (TPSA) is 45.4 Å². The van der Waals surface area contributed by atoms with Crippen LogP contribution in [0.4, 0.5) is 5.69 Å². The molecule has 1 heterocycles. The molecule has 1 aromatic heterocycles. The average molecular weight is 302 g/mol. The van der Waals surface area contributed by atoms with Crippen LogP contribution in [-0.2, 0) is 13.0 Å². The van der Waals surface area contributed by atoms with Crippen LogP contribution < -0.4 is 5.32 Å². The number of furan rings is 1. The van der Waals surface area contributed by atoms with Gasteiger partial charge in [0.15, 0.2) is 0 Å². The van der Waals surface area contributed by atoms with Crippen LogP contribution in [-0.4, -0.2) is 5.11 Å². The minimum Gasteiger partial charge on any atom is -0.506 e. The third kappa shape index (κ3) is 2.69. The molecule has 2 aromatic carbocycles. The van der Waals surface area contributed by atoms with E-state index in [1.165, 1.54) is 0 Å². The van der Waals surface area contributed by atoms with Gasteiger partial charge in [-0.2, -0.15) is 0 Å². The van der Waals surface area contributed by atoms with E-state index < -0.39 is 0 Å². The standard InChI is InChI=1S/C17H16ClNO2/c1-2-16-13(12-5-3-4-6-17(12)21-16)10-19-11-7-8-15(20)14(18)9-11/h3-9,19-20H,2,10H2,1H3. The van der Waals surface area contributed by atoms with Gasteiger partial charge < -0.3 is 14.8 Å². The van der Waals surface area contributed by atoms with Crippen LogP contribution in [0, 0.1) is 0 Å². The summed E-state index contributed by atoms with van der Waals surface area (Å²) < 4.78 is 5.87. The molecule has 0 saturated carbocycles. The molecule has 0 bridgehead atoms. The van der Waals surface area contributed by atoms with Crippen LogP contribution in [0.2, 0.25) is 5.02 Å². The first-order chi connectivity index (χ1) is 10.2. The van der Waals surface area contributed by atoms with Crippen molar-refractivity contribution in [1.82, 2.24) is 0 Å². The number of rotatable bonds is 4. The minimum absolute atomic E-state index is 0.0882. The quantitative estimate of drug-likeness (QED) is 0.669. The molecule has 0 unspecified atom stereocenters. The Morgan fingerprint density at radius 3 is 2.76 bits per heavy atom. The smallest absolute Gasteiger partial charge is 0.134 e. The van der Waals surface area contributed by atoms with Crippen LogP contribution in [0.3, 0.4) is 0 Å². The summed E-state index contributed by atoms with van der Waals surface area (Å²) in [5.41, 5.74) is 2.94. The van der Waals surface area contributed by atoms with Gasteiger partial charge in [0.05, 0.1) is 5.02 Å². The molecule has 0 fully saturated rings. The summed E-state index contributed by atoms with van der Waals surface area (Å²) >= 11 is 5.92. The lowest BCUT2D eigenvalue weighted by Gasteiger charge is -2.08. The van der Waals surface area contributed by atoms with Gasteiger partial charge in [-0.05, 0) is 24.3 Å². The molecule has 0 saturated heterocycles. The zero-order valence-corrected chi connectivity index (χ0v) is 12.4. The van der Waals surface area contributed by atoms with Crippen molar-refractivity contribution in [2.45, 2.75) is 19.9 Å². The second-order valence-electron chi connectivity index (χ2n) is 4.87. The molecule has 4 heteroatoms. The number of hydrogen-bond acceptors (Lipinski definition) is 3. The third-order valence-electron chi connectivity index (χ3n) is 3.52. The number of phenols is 1. The summed E-state index contributed by atoms with van der Waals surface area (Å²) in [6.45, 7) is 2.74. The maximum absolute atomic E-state index is 9.44. The normalized spacial score (nSPS) is 11.0. The SMILES string of the molecule is CCc1oc2ccccc2c1CNc1ccc(O)c(Cl)c1. The van der Waals surface area contributed by atoms with Crippen molar-refractivity contribution in [3.05, 3.63) is 58.8 Å². The van der Waals surface area contributed by atoms with E-state index in [0.29, 0.717) is 11.6 Å². The molecule has 0 aliphatic carbocycles. The van der Waals surface area contributed by atoms with E-state index >= 15 is 0 Å². The van der Waals surface area contributed by atoms with E-state index in [0.717, 1.165) is 34.4 Å². The molecule has 0 aliphatic rings. The van der Waals surface area contributed by atoms with Gasteiger partial charge in [0.1, 0.15) is 17.1 Å². The van der Waals surface area contributed by atoms with E-state index in [1.54, 1.807) is 18.2 Å². The number of aryl methyl sites for hydroxylation is 1. The Balaban J connectivity index is 1.89. The van der Waals surface area contributed by atoms with Crippen molar-refractivity contribution in [2.75, 3.05) is 5.32 Å². The Hall–Kier alpha value is -2.13. The average Bonchev–Trinajstić information content (AvgIpc) is 2.86. The first-order valence-electron chi connectivity index (χ1n) is 6.90. The number of fused-ring (bicyclic) bond motifs is 1. The number of para-hydroxylation sites is 1. The Bertz CT molecular complexity index is 780. The summed E-state index contributed by atoms with van der Waals surface area (Å²) in [6, 6.07) is 13.1. The molecule has 2 N–H and O–H groups in total. The van der Waals surface area contributed by atoms with Crippen molar-refractivity contribution in [3.63, 3.8) is 0 Å². The molecule has 108 valence electrons. The predicted octanol–water partition coefficient (Wildman–Crippen LogP) is 4.97. The van der Waals surface area contributed by atoms with Crippen molar-refractivity contribution in [2.24, 2.45) is 0 Å². The molecular formula is C17H16ClNO2. The highest BCUT2D eigenvalue weighted by atomic mass is 35.5. The highest BCUT2D eigenvalue weighted by Crippen LogP contribution is 2.29. The van der Waals surface area contributed by atoms with Crippen molar-refractivity contribution in [3.8, 4) is 5.75 Å². The second kappa shape index (κ2) is 5.70. The highest BCUT2D eigenvalue weighted by molar-refractivity contribution is 6.32. The lowest BCUT2D eigenvalue weighted by Crippen LogP contribution is -2.01. The molecule has 3 aromatic rings. The largest absolute Gasteiger partial charge is 0.506 e. The van der Waals surface area contributed by atoms with Gasteiger partial charge in [0, 0.05) is 29.6 Å². The molecule has 3 nitrogen and oxygen atoms in total. The molecule has 0 radical (unpaired) electrons. The Labute approximate surface area is 128 Å². The number of hydrogen-bond donors (Lipinski definition) is 2. The summed E-state index contributed by atoms with van der Waals surface area (Å²) in [6.07, 6.45) is 0.849. The van der Waals surface area contributed by atoms with Crippen LogP contribution in [0.5, 0.6) is 5.75 Å². The second-order valence-corrected chi connectivity index (χ2v) is 5.28. The van der Waals surface area contributed by atoms with Gasteiger partial charge in [0.25, 0.3) is 0 Å². The lowest BCUT2D eigenvalue weighted by molar-refractivity contribution is 0.475. The maximum atomic E-state index is 9.44. The fraction of sp³-hybridized carbons (Fsp3) is 0.176. The third-order valence-corrected chi connectivity index (χ3v) is 3.82. The van der Waals surface area contributed by atoms with Gasteiger partial charge in [-0.1, -0.05) is 36.7 Å². The van der Waals surface area contributed by atoms with Crippen LogP contribution >= 0.6 is 11.6 Å². The van der Waals surface area contributed by atoms with E-state index in [9.17, 15) is 5.11 Å².